The van der Waals surface area contributed by atoms with E-state index < -0.39 is 0 Å². The van der Waals surface area contributed by atoms with E-state index in [1.54, 1.807) is 0 Å². The molecule has 178 valence electrons. The average Bonchev–Trinajstić information content (AvgIpc) is 3.59. The number of nitrogens with zero attached hydrogens (tertiary/aromatic N) is 2. The molecule has 5 N–H and O–H groups in total. The monoisotopic (exact) mass is 448 g/mol. The van der Waals surface area contributed by atoms with E-state index in [1.807, 2.05) is 4.90 Å². The smallest absolute Gasteiger partial charge is 0.278 e. The Morgan fingerprint density at radius 2 is 1.94 bits per heavy atom. The van der Waals surface area contributed by atoms with E-state index in [2.05, 4.69) is 20.9 Å². The van der Waals surface area contributed by atoms with E-state index in [4.69, 9.17) is 0 Å². The Hall–Kier alpha value is -1.71. The van der Waals surface area contributed by atoms with Gasteiger partial charge in [0.15, 0.2) is 6.04 Å². The SMILES string of the molecule is O=C(NC1CC2C(=O)NCC(CCC(=O)N3CCN(C4CCCC[NH2+]4)CC3)[NH+]2C1)C1CC1. The van der Waals surface area contributed by atoms with Gasteiger partial charge in [-0.2, -0.15) is 0 Å². The first-order valence-corrected chi connectivity index (χ1v) is 12.9. The van der Waals surface area contributed by atoms with Gasteiger partial charge in [-0.25, -0.2) is 0 Å². The van der Waals surface area contributed by atoms with E-state index in [0.717, 1.165) is 52.0 Å². The topological polar surface area (TPSA) is 103 Å². The highest BCUT2D eigenvalue weighted by Gasteiger charge is 2.48. The van der Waals surface area contributed by atoms with Crippen LogP contribution in [0.1, 0.15) is 51.4 Å². The second-order valence-electron chi connectivity index (χ2n) is 10.5. The fourth-order valence-corrected chi connectivity index (χ4v) is 6.23. The summed E-state index contributed by atoms with van der Waals surface area (Å²) in [6, 6.07) is 0.237. The summed E-state index contributed by atoms with van der Waals surface area (Å²) in [6.07, 6.45) is 8.57. The first-order chi connectivity index (χ1) is 15.6. The van der Waals surface area contributed by atoms with E-state index >= 15 is 0 Å². The van der Waals surface area contributed by atoms with Crippen LogP contribution in [-0.2, 0) is 14.4 Å². The number of carbonyl (C=O) groups is 3. The number of piperidine rings is 1. The van der Waals surface area contributed by atoms with Crippen LogP contribution in [0.25, 0.3) is 0 Å². The van der Waals surface area contributed by atoms with E-state index in [1.165, 1.54) is 30.7 Å². The summed E-state index contributed by atoms with van der Waals surface area (Å²) in [4.78, 5) is 43.4. The third-order valence-electron chi connectivity index (χ3n) is 8.34. The van der Waals surface area contributed by atoms with E-state index in [-0.39, 0.29) is 41.8 Å². The van der Waals surface area contributed by atoms with E-state index in [9.17, 15) is 14.4 Å². The maximum absolute atomic E-state index is 12.9. The number of piperazine rings is 2. The third kappa shape index (κ3) is 4.94. The summed E-state index contributed by atoms with van der Waals surface area (Å²) in [5.74, 6) is 0.706. The summed E-state index contributed by atoms with van der Waals surface area (Å²) in [5.41, 5.74) is 0. The van der Waals surface area contributed by atoms with Gasteiger partial charge in [-0.3, -0.25) is 19.3 Å². The molecule has 0 aromatic rings. The molecule has 0 bridgehead atoms. The van der Waals surface area contributed by atoms with Gasteiger partial charge >= 0.3 is 0 Å². The maximum atomic E-state index is 12.9. The van der Waals surface area contributed by atoms with Crippen molar-refractivity contribution < 1.29 is 24.6 Å². The molecule has 4 aliphatic heterocycles. The zero-order valence-electron chi connectivity index (χ0n) is 19.2. The zero-order chi connectivity index (χ0) is 22.1. The van der Waals surface area contributed by atoms with Crippen molar-refractivity contribution in [3.05, 3.63) is 0 Å². The molecule has 5 rings (SSSR count). The van der Waals surface area contributed by atoms with Crippen LogP contribution in [0, 0.1) is 5.92 Å². The third-order valence-corrected chi connectivity index (χ3v) is 8.34. The van der Waals surface area contributed by atoms with E-state index in [0.29, 0.717) is 25.6 Å². The number of amides is 3. The normalized spacial score (nSPS) is 35.8. The standard InChI is InChI=1S/C23H38N6O3/c30-21(28-11-9-27(10-12-28)20-3-1-2-8-24-20)7-6-18-14-25-23(32)19-13-17(15-29(18)19)26-22(31)16-4-5-16/h16-20,24H,1-15H2,(H,25,32)(H,26,31)/p+2. The summed E-state index contributed by atoms with van der Waals surface area (Å²) in [6.45, 7) is 6.28. The zero-order valence-corrected chi connectivity index (χ0v) is 19.2. The van der Waals surface area contributed by atoms with Crippen LogP contribution in [0.3, 0.4) is 0 Å². The predicted octanol–water partition coefficient (Wildman–Crippen LogP) is -2.97. The van der Waals surface area contributed by atoms with Gasteiger partial charge in [0.25, 0.3) is 5.91 Å². The molecule has 1 aliphatic carbocycles. The molecule has 3 amide bonds. The Kier molecular flexibility index (Phi) is 6.66. The molecule has 5 fully saturated rings. The highest BCUT2D eigenvalue weighted by molar-refractivity contribution is 5.83. The van der Waals surface area contributed by atoms with Crippen molar-refractivity contribution in [3.8, 4) is 0 Å². The molecule has 0 aromatic carbocycles. The van der Waals surface area contributed by atoms with Gasteiger partial charge in [0, 0.05) is 57.8 Å². The molecule has 1 saturated carbocycles. The number of nitrogens with one attached hydrogen (secondary N) is 3. The van der Waals surface area contributed by atoms with Crippen LogP contribution in [0.5, 0.6) is 0 Å². The lowest BCUT2D eigenvalue weighted by Gasteiger charge is -2.39. The Bertz CT molecular complexity index is 715. The van der Waals surface area contributed by atoms with Gasteiger partial charge in [0.1, 0.15) is 12.2 Å². The number of rotatable bonds is 6. The minimum Gasteiger partial charge on any atom is -0.347 e. The lowest BCUT2D eigenvalue weighted by molar-refractivity contribution is -0.930. The molecule has 5 atom stereocenters. The number of nitrogens with two attached hydrogens (primary N) is 1. The van der Waals surface area contributed by atoms with Crippen LogP contribution < -0.4 is 20.9 Å². The number of carbonyl (C=O) groups excluding carboxylic acids is 3. The van der Waals surface area contributed by atoms with Crippen molar-refractivity contribution >= 4 is 17.7 Å². The lowest BCUT2D eigenvalue weighted by atomic mass is 10.0. The lowest BCUT2D eigenvalue weighted by Crippen LogP contribution is -3.21. The van der Waals surface area contributed by atoms with Gasteiger partial charge in [0.2, 0.25) is 11.8 Å². The Morgan fingerprint density at radius 1 is 1.12 bits per heavy atom. The highest BCUT2D eigenvalue weighted by atomic mass is 16.2. The minimum absolute atomic E-state index is 0.0785. The van der Waals surface area contributed by atoms with Gasteiger partial charge < -0.3 is 25.8 Å². The molecule has 4 heterocycles. The van der Waals surface area contributed by atoms with Gasteiger partial charge in [-0.1, -0.05) is 0 Å². The van der Waals surface area contributed by atoms with Crippen molar-refractivity contribution in [2.24, 2.45) is 5.92 Å². The van der Waals surface area contributed by atoms with Crippen LogP contribution in [0.15, 0.2) is 0 Å². The molecule has 4 saturated heterocycles. The van der Waals surface area contributed by atoms with Crippen molar-refractivity contribution in [1.82, 2.24) is 20.4 Å². The second-order valence-corrected chi connectivity index (χ2v) is 10.5. The number of hydrogen-bond acceptors (Lipinski definition) is 4. The molecule has 0 aromatic heterocycles. The Morgan fingerprint density at radius 3 is 2.66 bits per heavy atom. The van der Waals surface area contributed by atoms with Crippen molar-refractivity contribution in [2.45, 2.75) is 75.7 Å². The van der Waals surface area contributed by atoms with Gasteiger partial charge in [-0.05, 0) is 25.7 Å². The van der Waals surface area contributed by atoms with Gasteiger partial charge in [-0.15, -0.1) is 0 Å². The fourth-order valence-electron chi connectivity index (χ4n) is 6.23. The predicted molar refractivity (Wildman–Crippen MR) is 118 cm³/mol. The summed E-state index contributed by atoms with van der Waals surface area (Å²) >= 11 is 0. The molecule has 5 aliphatic rings. The number of quaternary nitrogens is 2. The summed E-state index contributed by atoms with van der Waals surface area (Å²) < 4.78 is 0. The second kappa shape index (κ2) is 9.65. The highest BCUT2D eigenvalue weighted by Crippen LogP contribution is 2.29. The maximum Gasteiger partial charge on any atom is 0.278 e. The van der Waals surface area contributed by atoms with Crippen LogP contribution in [0.2, 0.25) is 0 Å². The number of hydrogen-bond donors (Lipinski definition) is 4. The molecule has 0 radical (unpaired) electrons. The quantitative estimate of drug-likeness (QED) is 0.349. The Labute approximate surface area is 190 Å². The average molecular weight is 449 g/mol. The molecule has 9 nitrogen and oxygen atoms in total. The van der Waals surface area contributed by atoms with Crippen LogP contribution in [-0.4, -0.2) is 97.6 Å². The molecule has 9 heteroatoms. The first kappa shape index (κ1) is 22.1. The molecule has 32 heavy (non-hydrogen) atoms. The van der Waals surface area contributed by atoms with Crippen LogP contribution in [0.4, 0.5) is 0 Å². The molecular formula is C23H40N6O3+2. The molecule has 5 unspecified atom stereocenters. The molecular weight excluding hydrogens is 408 g/mol. The van der Waals surface area contributed by atoms with Crippen molar-refractivity contribution in [2.75, 3.05) is 45.8 Å². The number of fused-ring (bicyclic) bond motifs is 1. The largest absolute Gasteiger partial charge is 0.347 e. The summed E-state index contributed by atoms with van der Waals surface area (Å²) in [5, 5.41) is 8.68. The minimum atomic E-state index is -0.0938. The van der Waals surface area contributed by atoms with Crippen molar-refractivity contribution in [3.63, 3.8) is 0 Å². The Balaban J connectivity index is 1.08. The van der Waals surface area contributed by atoms with Crippen molar-refractivity contribution in [1.29, 1.82) is 0 Å². The fraction of sp³-hybridized carbons (Fsp3) is 0.870. The first-order valence-electron chi connectivity index (χ1n) is 12.9. The summed E-state index contributed by atoms with van der Waals surface area (Å²) in [7, 11) is 0. The van der Waals surface area contributed by atoms with Gasteiger partial charge in [0.05, 0.1) is 25.7 Å². The molecule has 0 spiro atoms. The van der Waals surface area contributed by atoms with Crippen LogP contribution >= 0.6 is 0 Å².